The average molecular weight is 315 g/mol. The molecule has 120 valence electrons. The summed E-state index contributed by atoms with van der Waals surface area (Å²) in [5.41, 5.74) is -0.503. The molecular weight excluding hydrogens is 298 g/mol. The van der Waals surface area contributed by atoms with Gasteiger partial charge in [-0.25, -0.2) is 14.8 Å². The van der Waals surface area contributed by atoms with Gasteiger partial charge in [0.15, 0.2) is 11.4 Å². The molecule has 0 atom stereocenters. The highest BCUT2D eigenvalue weighted by Gasteiger charge is 2.22. The molecule has 0 unspecified atom stereocenters. The van der Waals surface area contributed by atoms with Crippen LogP contribution >= 0.6 is 0 Å². The number of para-hydroxylation sites is 1. The number of hydrogen-bond acceptors (Lipinski definition) is 5. The van der Waals surface area contributed by atoms with E-state index in [1.807, 2.05) is 30.3 Å². The summed E-state index contributed by atoms with van der Waals surface area (Å²) < 4.78 is 5.54. The maximum atomic E-state index is 12.3. The Morgan fingerprint density at radius 3 is 2.43 bits per heavy atom. The highest BCUT2D eigenvalue weighted by atomic mass is 16.5. The SMILES string of the molecule is CN(CCCOc1ccccc1)C(=O)c1nccnc1C(=O)O. The summed E-state index contributed by atoms with van der Waals surface area (Å²) in [7, 11) is 1.59. The number of aromatic carboxylic acids is 1. The lowest BCUT2D eigenvalue weighted by Crippen LogP contribution is -2.31. The van der Waals surface area contributed by atoms with Gasteiger partial charge in [0.2, 0.25) is 0 Å². The number of benzene rings is 1. The Kier molecular flexibility index (Phi) is 5.62. The summed E-state index contributed by atoms with van der Waals surface area (Å²) >= 11 is 0. The number of rotatable bonds is 7. The molecule has 0 radical (unpaired) electrons. The van der Waals surface area contributed by atoms with Crippen molar-refractivity contribution in [2.24, 2.45) is 0 Å². The molecule has 0 aliphatic heterocycles. The molecule has 1 N–H and O–H groups in total. The van der Waals surface area contributed by atoms with Crippen LogP contribution in [0.3, 0.4) is 0 Å². The monoisotopic (exact) mass is 315 g/mol. The average Bonchev–Trinajstić information content (AvgIpc) is 2.58. The quantitative estimate of drug-likeness (QED) is 0.782. The van der Waals surface area contributed by atoms with Gasteiger partial charge in [-0.1, -0.05) is 18.2 Å². The smallest absolute Gasteiger partial charge is 0.356 e. The van der Waals surface area contributed by atoms with Crippen molar-refractivity contribution in [3.63, 3.8) is 0 Å². The second-order valence-corrected chi connectivity index (χ2v) is 4.80. The van der Waals surface area contributed by atoms with Crippen molar-refractivity contribution in [2.45, 2.75) is 6.42 Å². The predicted molar refractivity (Wildman–Crippen MR) is 82.5 cm³/mol. The van der Waals surface area contributed by atoms with Crippen LogP contribution in [0.5, 0.6) is 5.75 Å². The van der Waals surface area contributed by atoms with E-state index in [2.05, 4.69) is 9.97 Å². The van der Waals surface area contributed by atoms with Gasteiger partial charge in [-0.15, -0.1) is 0 Å². The van der Waals surface area contributed by atoms with Crippen molar-refractivity contribution in [1.82, 2.24) is 14.9 Å². The largest absolute Gasteiger partial charge is 0.494 e. The van der Waals surface area contributed by atoms with E-state index in [1.54, 1.807) is 7.05 Å². The molecule has 7 nitrogen and oxygen atoms in total. The highest BCUT2D eigenvalue weighted by Crippen LogP contribution is 2.09. The van der Waals surface area contributed by atoms with Crippen LogP contribution in [0.25, 0.3) is 0 Å². The number of hydrogen-bond donors (Lipinski definition) is 1. The summed E-state index contributed by atoms with van der Waals surface area (Å²) in [6, 6.07) is 9.38. The number of carboxylic acids is 1. The molecule has 1 heterocycles. The van der Waals surface area contributed by atoms with E-state index < -0.39 is 11.9 Å². The van der Waals surface area contributed by atoms with Crippen LogP contribution in [-0.4, -0.2) is 52.1 Å². The normalized spacial score (nSPS) is 10.1. The molecular formula is C16H17N3O4. The van der Waals surface area contributed by atoms with Gasteiger partial charge >= 0.3 is 5.97 Å². The van der Waals surface area contributed by atoms with E-state index in [4.69, 9.17) is 9.84 Å². The Labute approximate surface area is 133 Å². The minimum Gasteiger partial charge on any atom is -0.494 e. The number of ether oxygens (including phenoxy) is 1. The van der Waals surface area contributed by atoms with Crippen LogP contribution in [-0.2, 0) is 0 Å². The fraction of sp³-hybridized carbons (Fsp3) is 0.250. The topological polar surface area (TPSA) is 92.6 Å². The zero-order valence-electron chi connectivity index (χ0n) is 12.7. The molecule has 2 aromatic rings. The molecule has 0 bridgehead atoms. The Balaban J connectivity index is 1.87. The number of nitrogens with zero attached hydrogens (tertiary/aromatic N) is 3. The lowest BCUT2D eigenvalue weighted by Gasteiger charge is -2.17. The predicted octanol–water partition coefficient (Wildman–Crippen LogP) is 1.72. The minimum atomic E-state index is -1.28. The lowest BCUT2D eigenvalue weighted by atomic mass is 10.2. The first kappa shape index (κ1) is 16.4. The van der Waals surface area contributed by atoms with E-state index in [-0.39, 0.29) is 11.4 Å². The maximum absolute atomic E-state index is 12.3. The Bertz CT molecular complexity index is 676. The Morgan fingerprint density at radius 2 is 1.78 bits per heavy atom. The fourth-order valence-electron chi connectivity index (χ4n) is 1.94. The summed E-state index contributed by atoms with van der Waals surface area (Å²) in [6.07, 6.45) is 3.15. The molecule has 7 heteroatoms. The van der Waals surface area contributed by atoms with Gasteiger partial charge in [-0.3, -0.25) is 4.79 Å². The van der Waals surface area contributed by atoms with Crippen LogP contribution in [0.4, 0.5) is 0 Å². The molecule has 0 fully saturated rings. The molecule has 1 aromatic carbocycles. The molecule has 23 heavy (non-hydrogen) atoms. The van der Waals surface area contributed by atoms with Gasteiger partial charge in [0.1, 0.15) is 5.75 Å². The van der Waals surface area contributed by atoms with E-state index >= 15 is 0 Å². The first-order valence-corrected chi connectivity index (χ1v) is 7.07. The van der Waals surface area contributed by atoms with Gasteiger partial charge in [0, 0.05) is 26.0 Å². The first-order chi connectivity index (χ1) is 11.1. The molecule has 1 amide bonds. The third-order valence-corrected chi connectivity index (χ3v) is 3.10. The highest BCUT2D eigenvalue weighted by molar-refractivity contribution is 6.01. The molecule has 0 spiro atoms. The van der Waals surface area contributed by atoms with Gasteiger partial charge in [-0.05, 0) is 18.6 Å². The van der Waals surface area contributed by atoms with Gasteiger partial charge in [0.05, 0.1) is 6.61 Å². The van der Waals surface area contributed by atoms with Crippen molar-refractivity contribution in [1.29, 1.82) is 0 Å². The van der Waals surface area contributed by atoms with Gasteiger partial charge in [0.25, 0.3) is 5.91 Å². The number of amides is 1. The van der Waals surface area contributed by atoms with Crippen LogP contribution in [0.15, 0.2) is 42.7 Å². The number of carbonyl (C=O) groups is 2. The Morgan fingerprint density at radius 1 is 1.13 bits per heavy atom. The van der Waals surface area contributed by atoms with Gasteiger partial charge < -0.3 is 14.7 Å². The zero-order valence-corrected chi connectivity index (χ0v) is 12.7. The summed E-state index contributed by atoms with van der Waals surface area (Å²) in [4.78, 5) is 32.2. The second kappa shape index (κ2) is 7.88. The third-order valence-electron chi connectivity index (χ3n) is 3.10. The van der Waals surface area contributed by atoms with E-state index in [0.29, 0.717) is 19.6 Å². The Hall–Kier alpha value is -2.96. The van der Waals surface area contributed by atoms with E-state index in [1.165, 1.54) is 17.3 Å². The lowest BCUT2D eigenvalue weighted by molar-refractivity contribution is 0.0671. The molecule has 2 rings (SSSR count). The fourth-order valence-corrected chi connectivity index (χ4v) is 1.94. The van der Waals surface area contributed by atoms with Crippen molar-refractivity contribution in [3.05, 3.63) is 54.1 Å². The van der Waals surface area contributed by atoms with Crippen molar-refractivity contribution < 1.29 is 19.4 Å². The van der Waals surface area contributed by atoms with Crippen LogP contribution in [0.2, 0.25) is 0 Å². The summed E-state index contributed by atoms with van der Waals surface area (Å²) in [6.45, 7) is 0.870. The zero-order chi connectivity index (χ0) is 16.7. The van der Waals surface area contributed by atoms with Crippen LogP contribution in [0, 0.1) is 0 Å². The summed E-state index contributed by atoms with van der Waals surface area (Å²) in [5, 5.41) is 9.04. The number of carbonyl (C=O) groups excluding carboxylic acids is 1. The molecule has 0 aliphatic carbocycles. The van der Waals surface area contributed by atoms with Crippen LogP contribution < -0.4 is 4.74 Å². The number of carboxylic acid groups (broad SMARTS) is 1. The maximum Gasteiger partial charge on any atom is 0.356 e. The molecule has 0 aliphatic rings. The van der Waals surface area contributed by atoms with Crippen molar-refractivity contribution >= 4 is 11.9 Å². The first-order valence-electron chi connectivity index (χ1n) is 7.07. The number of aromatic nitrogens is 2. The molecule has 1 aromatic heterocycles. The third kappa shape index (κ3) is 4.50. The van der Waals surface area contributed by atoms with Crippen LogP contribution in [0.1, 0.15) is 27.4 Å². The van der Waals surface area contributed by atoms with Crippen molar-refractivity contribution in [2.75, 3.05) is 20.2 Å². The minimum absolute atomic E-state index is 0.161. The van der Waals surface area contributed by atoms with Crippen molar-refractivity contribution in [3.8, 4) is 5.75 Å². The van der Waals surface area contributed by atoms with Gasteiger partial charge in [-0.2, -0.15) is 0 Å². The standard InChI is InChI=1S/C16H17N3O4/c1-19(10-5-11-23-12-6-3-2-4-7-12)15(20)13-14(16(21)22)18-9-8-17-13/h2-4,6-9H,5,10-11H2,1H3,(H,21,22). The summed E-state index contributed by atoms with van der Waals surface area (Å²) in [5.74, 6) is -0.985. The van der Waals surface area contributed by atoms with E-state index in [0.717, 1.165) is 5.75 Å². The second-order valence-electron chi connectivity index (χ2n) is 4.80. The molecule has 0 saturated carbocycles. The molecule has 0 saturated heterocycles. The van der Waals surface area contributed by atoms with E-state index in [9.17, 15) is 9.59 Å².